The fourth-order valence-electron chi connectivity index (χ4n) is 1.44. The van der Waals surface area contributed by atoms with Crippen molar-refractivity contribution in [2.45, 2.75) is 19.8 Å². The molecular formula is C11H12N4O2. The van der Waals surface area contributed by atoms with Crippen LogP contribution in [0.2, 0.25) is 0 Å². The molecule has 0 bridgehead atoms. The van der Waals surface area contributed by atoms with E-state index in [4.69, 9.17) is 5.11 Å². The van der Waals surface area contributed by atoms with E-state index in [0.717, 1.165) is 11.3 Å². The Bertz CT molecular complexity index is 536. The number of carboxylic acids is 1. The van der Waals surface area contributed by atoms with Gasteiger partial charge in [0.1, 0.15) is 0 Å². The van der Waals surface area contributed by atoms with Crippen molar-refractivity contribution in [3.8, 4) is 5.69 Å². The van der Waals surface area contributed by atoms with E-state index >= 15 is 0 Å². The minimum absolute atomic E-state index is 0.0603. The molecule has 0 aromatic carbocycles. The third-order valence-corrected chi connectivity index (χ3v) is 2.26. The zero-order chi connectivity index (χ0) is 12.3. The van der Waals surface area contributed by atoms with Crippen LogP contribution in [0.1, 0.15) is 17.7 Å². The molecule has 1 N–H and O–H groups in total. The number of carboxylic acid groups (broad SMARTS) is 1. The molecule has 0 aliphatic rings. The molecule has 0 amide bonds. The lowest BCUT2D eigenvalue weighted by Crippen LogP contribution is -1.97. The Labute approximate surface area is 97.9 Å². The van der Waals surface area contributed by atoms with Gasteiger partial charge in [0.15, 0.2) is 0 Å². The van der Waals surface area contributed by atoms with E-state index < -0.39 is 5.97 Å². The maximum atomic E-state index is 10.4. The SMILES string of the molecule is Cc1cncc(-n2cc(CCC(=O)O)nn2)c1. The molecule has 2 aromatic rings. The first-order valence-corrected chi connectivity index (χ1v) is 5.20. The van der Waals surface area contributed by atoms with Crippen LogP contribution < -0.4 is 0 Å². The third kappa shape index (κ3) is 2.87. The number of carbonyl (C=O) groups is 1. The van der Waals surface area contributed by atoms with Crippen molar-refractivity contribution < 1.29 is 9.90 Å². The number of aromatic nitrogens is 4. The molecule has 0 aliphatic carbocycles. The Morgan fingerprint density at radius 3 is 3.00 bits per heavy atom. The van der Waals surface area contributed by atoms with Crippen LogP contribution >= 0.6 is 0 Å². The quantitative estimate of drug-likeness (QED) is 0.850. The minimum Gasteiger partial charge on any atom is -0.481 e. The molecule has 2 heterocycles. The lowest BCUT2D eigenvalue weighted by molar-refractivity contribution is -0.136. The number of pyridine rings is 1. The van der Waals surface area contributed by atoms with E-state index in [2.05, 4.69) is 15.3 Å². The highest BCUT2D eigenvalue weighted by Gasteiger charge is 2.05. The van der Waals surface area contributed by atoms with Gasteiger partial charge in [0.25, 0.3) is 0 Å². The average Bonchev–Trinajstić information content (AvgIpc) is 2.75. The number of aliphatic carboxylic acids is 1. The van der Waals surface area contributed by atoms with Gasteiger partial charge in [-0.25, -0.2) is 4.68 Å². The van der Waals surface area contributed by atoms with Crippen molar-refractivity contribution in [3.63, 3.8) is 0 Å². The van der Waals surface area contributed by atoms with Gasteiger partial charge in [0, 0.05) is 12.6 Å². The fraction of sp³-hybridized carbons (Fsp3) is 0.273. The second-order valence-corrected chi connectivity index (χ2v) is 3.77. The van der Waals surface area contributed by atoms with E-state index in [1.807, 2.05) is 13.0 Å². The molecule has 88 valence electrons. The van der Waals surface area contributed by atoms with Crippen molar-refractivity contribution in [3.05, 3.63) is 35.9 Å². The number of aryl methyl sites for hydroxylation is 2. The molecule has 0 unspecified atom stereocenters. The Kier molecular flexibility index (Phi) is 3.13. The lowest BCUT2D eigenvalue weighted by atomic mass is 10.2. The first-order chi connectivity index (χ1) is 8.15. The summed E-state index contributed by atoms with van der Waals surface area (Å²) in [6.45, 7) is 1.94. The van der Waals surface area contributed by atoms with Gasteiger partial charge in [-0.15, -0.1) is 5.10 Å². The summed E-state index contributed by atoms with van der Waals surface area (Å²) in [4.78, 5) is 14.5. The maximum absolute atomic E-state index is 10.4. The largest absolute Gasteiger partial charge is 0.481 e. The molecule has 0 saturated carbocycles. The summed E-state index contributed by atoms with van der Waals surface area (Å²) in [6.07, 6.45) is 5.60. The summed E-state index contributed by atoms with van der Waals surface area (Å²) in [7, 11) is 0. The highest BCUT2D eigenvalue weighted by atomic mass is 16.4. The van der Waals surface area contributed by atoms with Crippen molar-refractivity contribution in [1.29, 1.82) is 0 Å². The first-order valence-electron chi connectivity index (χ1n) is 5.20. The maximum Gasteiger partial charge on any atom is 0.303 e. The van der Waals surface area contributed by atoms with Crippen LogP contribution in [-0.4, -0.2) is 31.1 Å². The Morgan fingerprint density at radius 1 is 1.47 bits per heavy atom. The first kappa shape index (κ1) is 11.3. The monoisotopic (exact) mass is 232 g/mol. The molecule has 0 radical (unpaired) electrons. The lowest BCUT2D eigenvalue weighted by Gasteiger charge is -1.99. The zero-order valence-corrected chi connectivity index (χ0v) is 9.37. The van der Waals surface area contributed by atoms with E-state index in [9.17, 15) is 4.79 Å². The van der Waals surface area contributed by atoms with Crippen molar-refractivity contribution >= 4 is 5.97 Å². The van der Waals surface area contributed by atoms with Gasteiger partial charge in [-0.1, -0.05) is 5.21 Å². The van der Waals surface area contributed by atoms with E-state index in [0.29, 0.717) is 12.1 Å². The predicted molar refractivity (Wildman–Crippen MR) is 59.8 cm³/mol. The normalized spacial score (nSPS) is 10.4. The average molecular weight is 232 g/mol. The Hall–Kier alpha value is -2.24. The molecule has 6 nitrogen and oxygen atoms in total. The standard InChI is InChI=1S/C11H12N4O2/c1-8-4-10(6-12-5-8)15-7-9(13-14-15)2-3-11(16)17/h4-7H,2-3H2,1H3,(H,16,17). The van der Waals surface area contributed by atoms with Crippen LogP contribution in [0, 0.1) is 6.92 Å². The Morgan fingerprint density at radius 2 is 2.29 bits per heavy atom. The van der Waals surface area contributed by atoms with Crippen LogP contribution in [0.25, 0.3) is 5.69 Å². The summed E-state index contributed by atoms with van der Waals surface area (Å²) in [5.74, 6) is -0.836. The number of hydrogen-bond donors (Lipinski definition) is 1. The molecule has 6 heteroatoms. The van der Waals surface area contributed by atoms with Gasteiger partial charge < -0.3 is 5.11 Å². The van der Waals surface area contributed by atoms with Crippen molar-refractivity contribution in [1.82, 2.24) is 20.0 Å². The summed E-state index contributed by atoms with van der Waals surface area (Å²) in [6, 6.07) is 1.93. The molecule has 0 spiro atoms. The summed E-state index contributed by atoms with van der Waals surface area (Å²) in [5, 5.41) is 16.4. The number of hydrogen-bond acceptors (Lipinski definition) is 4. The van der Waals surface area contributed by atoms with Crippen molar-refractivity contribution in [2.24, 2.45) is 0 Å². The van der Waals surface area contributed by atoms with Crippen molar-refractivity contribution in [2.75, 3.05) is 0 Å². The molecular weight excluding hydrogens is 220 g/mol. The zero-order valence-electron chi connectivity index (χ0n) is 9.37. The van der Waals surface area contributed by atoms with Crippen LogP contribution in [0.15, 0.2) is 24.7 Å². The van der Waals surface area contributed by atoms with E-state index in [-0.39, 0.29) is 6.42 Å². The molecule has 0 aliphatic heterocycles. The topological polar surface area (TPSA) is 80.9 Å². The van der Waals surface area contributed by atoms with Crippen LogP contribution in [0.4, 0.5) is 0 Å². The van der Waals surface area contributed by atoms with Gasteiger partial charge >= 0.3 is 5.97 Å². The van der Waals surface area contributed by atoms with Crippen LogP contribution in [-0.2, 0) is 11.2 Å². The van der Waals surface area contributed by atoms with E-state index in [1.54, 1.807) is 23.3 Å². The molecule has 17 heavy (non-hydrogen) atoms. The predicted octanol–water partition coefficient (Wildman–Crippen LogP) is 0.988. The molecule has 2 aromatic heterocycles. The molecule has 2 rings (SSSR count). The number of rotatable bonds is 4. The minimum atomic E-state index is -0.836. The second-order valence-electron chi connectivity index (χ2n) is 3.77. The van der Waals surface area contributed by atoms with E-state index in [1.165, 1.54) is 0 Å². The fourth-order valence-corrected chi connectivity index (χ4v) is 1.44. The third-order valence-electron chi connectivity index (χ3n) is 2.26. The number of nitrogens with zero attached hydrogens (tertiary/aromatic N) is 4. The molecule has 0 fully saturated rings. The summed E-state index contributed by atoms with van der Waals surface area (Å²) in [5.41, 5.74) is 2.51. The Balaban J connectivity index is 2.15. The van der Waals surface area contributed by atoms with Gasteiger partial charge in [0.05, 0.1) is 30.2 Å². The second kappa shape index (κ2) is 4.73. The summed E-state index contributed by atoms with van der Waals surface area (Å²) < 4.78 is 1.59. The summed E-state index contributed by atoms with van der Waals surface area (Å²) >= 11 is 0. The highest BCUT2D eigenvalue weighted by molar-refractivity contribution is 5.66. The smallest absolute Gasteiger partial charge is 0.303 e. The highest BCUT2D eigenvalue weighted by Crippen LogP contribution is 2.08. The molecule has 0 saturated heterocycles. The van der Waals surface area contributed by atoms with Gasteiger partial charge in [-0.3, -0.25) is 9.78 Å². The molecule has 0 atom stereocenters. The van der Waals surface area contributed by atoms with Crippen LogP contribution in [0.5, 0.6) is 0 Å². The van der Waals surface area contributed by atoms with Gasteiger partial charge in [-0.2, -0.15) is 0 Å². The van der Waals surface area contributed by atoms with Gasteiger partial charge in [0.2, 0.25) is 0 Å². The van der Waals surface area contributed by atoms with Crippen LogP contribution in [0.3, 0.4) is 0 Å². The van der Waals surface area contributed by atoms with Gasteiger partial charge in [-0.05, 0) is 18.6 Å².